The Labute approximate surface area is 66.6 Å². The molecule has 1 N–H and O–H groups in total. The molecule has 54 valence electrons. The van der Waals surface area contributed by atoms with Crippen molar-refractivity contribution in [2.75, 3.05) is 0 Å². The molecule has 0 heterocycles. The van der Waals surface area contributed by atoms with Crippen LogP contribution in [0.1, 0.15) is 5.56 Å². The summed E-state index contributed by atoms with van der Waals surface area (Å²) in [6, 6.07) is 4.54. The predicted octanol–water partition coefficient (Wildman–Crippen LogP) is 2.43. The van der Waals surface area contributed by atoms with Gasteiger partial charge >= 0.3 is 0 Å². The van der Waals surface area contributed by atoms with Gasteiger partial charge in [-0.05, 0) is 6.07 Å². The van der Waals surface area contributed by atoms with Crippen molar-refractivity contribution in [3.05, 3.63) is 29.6 Å². The quantitative estimate of drug-likeness (QED) is 0.698. The normalized spacial score (nSPS) is 9.80. The van der Waals surface area contributed by atoms with Crippen molar-refractivity contribution < 1.29 is 9.50 Å². The number of alkyl halides is 1. The monoisotopic (exact) mass is 204 g/mol. The molecule has 0 aliphatic heterocycles. The largest absolute Gasteiger partial charge is 0.505 e. The Morgan fingerprint density at radius 2 is 2.20 bits per heavy atom. The number of phenolic OH excluding ortho intramolecular Hbond substituents is 1. The summed E-state index contributed by atoms with van der Waals surface area (Å²) in [5.74, 6) is -0.837. The summed E-state index contributed by atoms with van der Waals surface area (Å²) in [5.41, 5.74) is 0.472. The second-order valence-corrected chi connectivity index (χ2v) is 2.44. The summed E-state index contributed by atoms with van der Waals surface area (Å²) in [5, 5.41) is 9.26. The highest BCUT2D eigenvalue weighted by molar-refractivity contribution is 9.08. The number of rotatable bonds is 1. The van der Waals surface area contributed by atoms with Crippen LogP contribution in [0.4, 0.5) is 4.39 Å². The van der Waals surface area contributed by atoms with E-state index in [0.717, 1.165) is 0 Å². The Balaban J connectivity index is 3.14. The molecule has 0 atom stereocenters. The molecule has 0 aliphatic rings. The summed E-state index contributed by atoms with van der Waals surface area (Å²) in [7, 11) is 0. The minimum atomic E-state index is -0.542. The van der Waals surface area contributed by atoms with E-state index in [9.17, 15) is 4.39 Å². The van der Waals surface area contributed by atoms with E-state index in [2.05, 4.69) is 15.9 Å². The average Bonchev–Trinajstić information content (AvgIpc) is 1.95. The summed E-state index contributed by atoms with van der Waals surface area (Å²) in [6.07, 6.45) is 0. The zero-order valence-corrected chi connectivity index (χ0v) is 6.73. The van der Waals surface area contributed by atoms with E-state index in [1.807, 2.05) is 0 Å². The number of benzene rings is 1. The Hall–Kier alpha value is -0.570. The van der Waals surface area contributed by atoms with E-state index in [-0.39, 0.29) is 5.75 Å². The van der Waals surface area contributed by atoms with E-state index in [0.29, 0.717) is 10.9 Å². The molecule has 1 aromatic rings. The highest BCUT2D eigenvalue weighted by Gasteiger charge is 2.03. The molecule has 0 saturated carbocycles. The molecule has 3 heteroatoms. The highest BCUT2D eigenvalue weighted by Crippen LogP contribution is 2.19. The fourth-order valence-electron chi connectivity index (χ4n) is 0.669. The molecule has 1 aromatic carbocycles. The first kappa shape index (κ1) is 7.54. The number of aromatic hydroxyl groups is 1. The van der Waals surface area contributed by atoms with Crippen LogP contribution in [0.5, 0.6) is 5.75 Å². The van der Waals surface area contributed by atoms with Crippen molar-refractivity contribution in [2.45, 2.75) is 5.33 Å². The van der Waals surface area contributed by atoms with Gasteiger partial charge in [0.1, 0.15) is 0 Å². The predicted molar refractivity (Wildman–Crippen MR) is 40.7 cm³/mol. The second-order valence-electron chi connectivity index (χ2n) is 1.88. The lowest BCUT2D eigenvalue weighted by atomic mass is 10.2. The maximum atomic E-state index is 12.7. The number of phenols is 1. The van der Waals surface area contributed by atoms with Crippen LogP contribution in [0.15, 0.2) is 18.2 Å². The van der Waals surface area contributed by atoms with Crippen LogP contribution in [-0.2, 0) is 5.33 Å². The third kappa shape index (κ3) is 1.29. The molecular weight excluding hydrogens is 199 g/mol. The van der Waals surface area contributed by atoms with E-state index in [1.165, 1.54) is 6.07 Å². The topological polar surface area (TPSA) is 20.2 Å². The zero-order valence-electron chi connectivity index (χ0n) is 5.14. The maximum Gasteiger partial charge on any atom is 0.168 e. The highest BCUT2D eigenvalue weighted by atomic mass is 79.9. The summed E-state index contributed by atoms with van der Waals surface area (Å²) in [4.78, 5) is 0. The molecule has 0 spiro atoms. The van der Waals surface area contributed by atoms with Crippen molar-refractivity contribution in [1.29, 1.82) is 0 Å². The van der Waals surface area contributed by atoms with Crippen molar-refractivity contribution in [2.24, 2.45) is 0 Å². The Bertz CT molecular complexity index is 237. The molecule has 0 bridgehead atoms. The lowest BCUT2D eigenvalue weighted by Crippen LogP contribution is -1.84. The van der Waals surface area contributed by atoms with Crippen LogP contribution in [-0.4, -0.2) is 5.11 Å². The van der Waals surface area contributed by atoms with Gasteiger partial charge in [-0.3, -0.25) is 0 Å². The zero-order chi connectivity index (χ0) is 7.56. The van der Waals surface area contributed by atoms with Gasteiger partial charge in [-0.25, -0.2) is 4.39 Å². The molecule has 1 nitrogen and oxygen atoms in total. The Kier molecular flexibility index (Phi) is 2.27. The minimum Gasteiger partial charge on any atom is -0.505 e. The van der Waals surface area contributed by atoms with E-state index in [1.54, 1.807) is 12.1 Å². The van der Waals surface area contributed by atoms with Gasteiger partial charge in [0.25, 0.3) is 0 Å². The molecule has 0 fully saturated rings. The fourth-order valence-corrected chi connectivity index (χ4v) is 1.10. The molecule has 0 saturated heterocycles. The number of hydrogen-bond donors (Lipinski definition) is 1. The lowest BCUT2D eigenvalue weighted by molar-refractivity contribution is 0.430. The lowest BCUT2D eigenvalue weighted by Gasteiger charge is -1.98. The SMILES string of the molecule is Oc1cccc(CBr)c1F. The van der Waals surface area contributed by atoms with Gasteiger partial charge in [-0.1, -0.05) is 28.1 Å². The Morgan fingerprint density at radius 1 is 1.50 bits per heavy atom. The van der Waals surface area contributed by atoms with Gasteiger partial charge in [0, 0.05) is 10.9 Å². The summed E-state index contributed by atoms with van der Waals surface area (Å²) < 4.78 is 12.7. The number of hydrogen-bond acceptors (Lipinski definition) is 1. The maximum absolute atomic E-state index is 12.7. The standard InChI is InChI=1S/C7H6BrFO/c8-4-5-2-1-3-6(10)7(5)9/h1-3,10H,4H2. The first-order valence-corrected chi connectivity index (χ1v) is 3.90. The molecule has 0 aromatic heterocycles. The minimum absolute atomic E-state index is 0.294. The van der Waals surface area contributed by atoms with Crippen molar-refractivity contribution >= 4 is 15.9 Å². The van der Waals surface area contributed by atoms with E-state index >= 15 is 0 Å². The van der Waals surface area contributed by atoms with Gasteiger partial charge in [-0.2, -0.15) is 0 Å². The fraction of sp³-hybridized carbons (Fsp3) is 0.143. The molecule has 0 aliphatic carbocycles. The van der Waals surface area contributed by atoms with E-state index < -0.39 is 5.82 Å². The van der Waals surface area contributed by atoms with Crippen molar-refractivity contribution in [1.82, 2.24) is 0 Å². The van der Waals surface area contributed by atoms with Crippen molar-refractivity contribution in [3.63, 3.8) is 0 Å². The number of halogens is 2. The van der Waals surface area contributed by atoms with Crippen LogP contribution in [0.3, 0.4) is 0 Å². The van der Waals surface area contributed by atoms with Gasteiger partial charge in [0.15, 0.2) is 11.6 Å². The summed E-state index contributed by atoms with van der Waals surface area (Å²) in [6.45, 7) is 0. The third-order valence-electron chi connectivity index (χ3n) is 1.20. The van der Waals surface area contributed by atoms with Gasteiger partial charge in [0.05, 0.1) is 0 Å². The van der Waals surface area contributed by atoms with Crippen LogP contribution in [0.2, 0.25) is 0 Å². The van der Waals surface area contributed by atoms with Crippen LogP contribution in [0.25, 0.3) is 0 Å². The van der Waals surface area contributed by atoms with Gasteiger partial charge in [-0.15, -0.1) is 0 Å². The van der Waals surface area contributed by atoms with Crippen LogP contribution >= 0.6 is 15.9 Å². The molecular formula is C7H6BrFO. The average molecular weight is 205 g/mol. The molecule has 10 heavy (non-hydrogen) atoms. The smallest absolute Gasteiger partial charge is 0.168 e. The third-order valence-corrected chi connectivity index (χ3v) is 1.81. The molecule has 1 rings (SSSR count). The van der Waals surface area contributed by atoms with Gasteiger partial charge in [0.2, 0.25) is 0 Å². The van der Waals surface area contributed by atoms with Crippen molar-refractivity contribution in [3.8, 4) is 5.75 Å². The second kappa shape index (κ2) is 3.01. The molecule has 0 unspecified atom stereocenters. The first-order valence-electron chi connectivity index (χ1n) is 2.78. The van der Waals surface area contributed by atoms with Gasteiger partial charge < -0.3 is 5.11 Å². The molecule has 0 amide bonds. The van der Waals surface area contributed by atoms with Crippen LogP contribution < -0.4 is 0 Å². The van der Waals surface area contributed by atoms with Crippen LogP contribution in [0, 0.1) is 5.82 Å². The Morgan fingerprint density at radius 3 is 2.70 bits per heavy atom. The summed E-state index contributed by atoms with van der Waals surface area (Å²) >= 11 is 3.09. The molecule has 0 radical (unpaired) electrons. The first-order chi connectivity index (χ1) is 4.75. The van der Waals surface area contributed by atoms with E-state index in [4.69, 9.17) is 5.11 Å².